The van der Waals surface area contributed by atoms with Crippen molar-refractivity contribution in [2.45, 2.75) is 29.5 Å². The van der Waals surface area contributed by atoms with Crippen LogP contribution in [-0.2, 0) is 0 Å². The molecule has 0 aliphatic heterocycles. The van der Waals surface area contributed by atoms with Crippen LogP contribution in [0.15, 0.2) is 23.4 Å². The smallest absolute Gasteiger partial charge is 0.0963 e. The van der Waals surface area contributed by atoms with Crippen LogP contribution in [0.25, 0.3) is 0 Å². The number of nitrogens with zero attached hydrogens (tertiary/aromatic N) is 1. The molecule has 0 aromatic carbocycles. The summed E-state index contributed by atoms with van der Waals surface area (Å²) in [4.78, 5) is 4.30. The van der Waals surface area contributed by atoms with E-state index in [1.54, 1.807) is 6.20 Å². The van der Waals surface area contributed by atoms with Gasteiger partial charge in [0, 0.05) is 11.4 Å². The van der Waals surface area contributed by atoms with Crippen molar-refractivity contribution in [1.29, 1.82) is 0 Å². The summed E-state index contributed by atoms with van der Waals surface area (Å²) in [5.41, 5.74) is 5.75. The van der Waals surface area contributed by atoms with E-state index in [1.807, 2.05) is 23.9 Å². The minimum Gasteiger partial charge on any atom is -0.330 e. The fourth-order valence-corrected chi connectivity index (χ4v) is 3.42. The molecule has 0 spiro atoms. The van der Waals surface area contributed by atoms with Gasteiger partial charge in [-0.25, -0.2) is 4.98 Å². The topological polar surface area (TPSA) is 38.9 Å². The first-order valence-electron chi connectivity index (χ1n) is 5.28. The van der Waals surface area contributed by atoms with E-state index in [-0.39, 0.29) is 0 Å². The molecule has 0 amide bonds. The van der Waals surface area contributed by atoms with Crippen molar-refractivity contribution in [3.05, 3.63) is 23.4 Å². The van der Waals surface area contributed by atoms with Crippen molar-refractivity contribution in [2.24, 2.45) is 11.7 Å². The zero-order valence-electron chi connectivity index (χ0n) is 8.53. The fourth-order valence-electron chi connectivity index (χ4n) is 2.01. The number of thioether (sulfide) groups is 1. The summed E-state index contributed by atoms with van der Waals surface area (Å²) < 4.78 is 0. The Hall–Kier alpha value is -0.250. The van der Waals surface area contributed by atoms with E-state index in [2.05, 4.69) is 4.98 Å². The number of halogens is 1. The van der Waals surface area contributed by atoms with Crippen LogP contribution in [0.1, 0.15) is 19.3 Å². The van der Waals surface area contributed by atoms with Crippen LogP contribution in [0.2, 0.25) is 5.02 Å². The van der Waals surface area contributed by atoms with E-state index < -0.39 is 0 Å². The molecule has 1 aliphatic rings. The van der Waals surface area contributed by atoms with Crippen molar-refractivity contribution in [3.8, 4) is 0 Å². The molecule has 2 rings (SSSR count). The van der Waals surface area contributed by atoms with Crippen LogP contribution in [0.3, 0.4) is 0 Å². The zero-order chi connectivity index (χ0) is 10.7. The van der Waals surface area contributed by atoms with Gasteiger partial charge < -0.3 is 5.73 Å². The first-order chi connectivity index (χ1) is 7.29. The van der Waals surface area contributed by atoms with Crippen LogP contribution in [-0.4, -0.2) is 16.8 Å². The molecule has 1 fully saturated rings. The number of rotatable bonds is 3. The quantitative estimate of drug-likeness (QED) is 0.886. The van der Waals surface area contributed by atoms with Gasteiger partial charge in [0.05, 0.1) is 10.0 Å². The Morgan fingerprint density at radius 2 is 2.33 bits per heavy atom. The van der Waals surface area contributed by atoms with Crippen LogP contribution in [0.4, 0.5) is 0 Å². The highest BCUT2D eigenvalue weighted by atomic mass is 35.5. The van der Waals surface area contributed by atoms with Gasteiger partial charge >= 0.3 is 0 Å². The van der Waals surface area contributed by atoms with Gasteiger partial charge in [-0.1, -0.05) is 18.0 Å². The average molecular weight is 243 g/mol. The Balaban J connectivity index is 1.99. The van der Waals surface area contributed by atoms with Gasteiger partial charge in [0.25, 0.3) is 0 Å². The summed E-state index contributed by atoms with van der Waals surface area (Å²) in [5, 5.41) is 2.40. The molecule has 2 unspecified atom stereocenters. The van der Waals surface area contributed by atoms with E-state index in [1.165, 1.54) is 19.3 Å². The molecule has 1 heterocycles. The standard InChI is InChI=1S/C11H15ClN2S/c12-9-4-5-11(14-7-9)15-10-3-1-2-8(10)6-13/h4-5,7-8,10H,1-3,6,13H2. The highest BCUT2D eigenvalue weighted by molar-refractivity contribution is 7.99. The summed E-state index contributed by atoms with van der Waals surface area (Å²) in [6, 6.07) is 3.88. The maximum Gasteiger partial charge on any atom is 0.0963 e. The molecule has 0 saturated heterocycles. The van der Waals surface area contributed by atoms with Crippen molar-refractivity contribution in [2.75, 3.05) is 6.54 Å². The van der Waals surface area contributed by atoms with Gasteiger partial charge in [0.1, 0.15) is 0 Å². The molecule has 0 bridgehead atoms. The molecule has 1 aromatic rings. The van der Waals surface area contributed by atoms with Gasteiger partial charge in [0.2, 0.25) is 0 Å². The Morgan fingerprint density at radius 1 is 1.47 bits per heavy atom. The summed E-state index contributed by atoms with van der Waals surface area (Å²) in [6.45, 7) is 0.797. The van der Waals surface area contributed by atoms with Gasteiger partial charge in [0.15, 0.2) is 0 Å². The van der Waals surface area contributed by atoms with Crippen LogP contribution in [0, 0.1) is 5.92 Å². The van der Waals surface area contributed by atoms with Gasteiger partial charge in [-0.05, 0) is 37.4 Å². The van der Waals surface area contributed by atoms with E-state index in [0.29, 0.717) is 16.2 Å². The zero-order valence-corrected chi connectivity index (χ0v) is 10.1. The van der Waals surface area contributed by atoms with Crippen molar-refractivity contribution in [1.82, 2.24) is 4.98 Å². The SMILES string of the molecule is NCC1CCCC1Sc1ccc(Cl)cn1. The molecule has 2 atom stereocenters. The molecular formula is C11H15ClN2S. The molecule has 4 heteroatoms. The lowest BCUT2D eigenvalue weighted by Crippen LogP contribution is -2.20. The van der Waals surface area contributed by atoms with Crippen LogP contribution in [0.5, 0.6) is 0 Å². The van der Waals surface area contributed by atoms with Crippen LogP contribution >= 0.6 is 23.4 Å². The van der Waals surface area contributed by atoms with Crippen molar-refractivity contribution < 1.29 is 0 Å². The van der Waals surface area contributed by atoms with Crippen molar-refractivity contribution >= 4 is 23.4 Å². The first-order valence-corrected chi connectivity index (χ1v) is 6.53. The lowest BCUT2D eigenvalue weighted by molar-refractivity contribution is 0.573. The third kappa shape index (κ3) is 2.86. The summed E-state index contributed by atoms with van der Waals surface area (Å²) in [5.74, 6) is 0.660. The van der Waals surface area contributed by atoms with Crippen LogP contribution < -0.4 is 5.73 Å². The number of nitrogens with two attached hydrogens (primary N) is 1. The predicted octanol–water partition coefficient (Wildman–Crippen LogP) is 2.95. The highest BCUT2D eigenvalue weighted by Gasteiger charge is 2.27. The molecule has 1 aliphatic carbocycles. The van der Waals surface area contributed by atoms with Gasteiger partial charge in [-0.15, -0.1) is 11.8 Å². The molecule has 15 heavy (non-hydrogen) atoms. The number of hydrogen-bond donors (Lipinski definition) is 1. The second-order valence-corrected chi connectivity index (χ2v) is 5.59. The summed E-state index contributed by atoms with van der Waals surface area (Å²) in [7, 11) is 0. The number of aromatic nitrogens is 1. The number of hydrogen-bond acceptors (Lipinski definition) is 3. The Labute approximate surface area is 99.6 Å². The maximum atomic E-state index is 5.79. The maximum absolute atomic E-state index is 5.79. The summed E-state index contributed by atoms with van der Waals surface area (Å²) in [6.07, 6.45) is 5.53. The summed E-state index contributed by atoms with van der Waals surface area (Å²) >= 11 is 7.64. The third-order valence-electron chi connectivity index (χ3n) is 2.86. The van der Waals surface area contributed by atoms with Crippen molar-refractivity contribution in [3.63, 3.8) is 0 Å². The minimum atomic E-state index is 0.642. The van der Waals surface area contributed by atoms with E-state index in [0.717, 1.165) is 11.6 Å². The fraction of sp³-hybridized carbons (Fsp3) is 0.545. The largest absolute Gasteiger partial charge is 0.330 e. The normalized spacial score (nSPS) is 25.7. The Bertz CT molecular complexity index is 315. The molecule has 1 aromatic heterocycles. The van der Waals surface area contributed by atoms with E-state index >= 15 is 0 Å². The Morgan fingerprint density at radius 3 is 3.00 bits per heavy atom. The van der Waals surface area contributed by atoms with E-state index in [9.17, 15) is 0 Å². The monoisotopic (exact) mass is 242 g/mol. The molecular weight excluding hydrogens is 228 g/mol. The molecule has 2 N–H and O–H groups in total. The molecule has 2 nitrogen and oxygen atoms in total. The second kappa shape index (κ2) is 5.19. The lowest BCUT2D eigenvalue weighted by atomic mass is 10.1. The second-order valence-electron chi connectivity index (χ2n) is 3.90. The minimum absolute atomic E-state index is 0.642. The first kappa shape index (κ1) is 11.2. The lowest BCUT2D eigenvalue weighted by Gasteiger charge is -2.16. The average Bonchev–Trinajstić information content (AvgIpc) is 2.69. The van der Waals surface area contributed by atoms with E-state index in [4.69, 9.17) is 17.3 Å². The Kier molecular flexibility index (Phi) is 3.89. The van der Waals surface area contributed by atoms with Gasteiger partial charge in [-0.2, -0.15) is 0 Å². The third-order valence-corrected chi connectivity index (χ3v) is 4.49. The molecule has 82 valence electrons. The highest BCUT2D eigenvalue weighted by Crippen LogP contribution is 2.37. The van der Waals surface area contributed by atoms with Gasteiger partial charge in [-0.3, -0.25) is 0 Å². The predicted molar refractivity (Wildman–Crippen MR) is 65.3 cm³/mol. The molecule has 0 radical (unpaired) electrons. The molecule has 1 saturated carbocycles. The number of pyridine rings is 1.